The zero-order chi connectivity index (χ0) is 19.9. The van der Waals surface area contributed by atoms with Crippen LogP contribution in [0.25, 0.3) is 11.3 Å². The molecule has 7 nitrogen and oxygen atoms in total. The lowest BCUT2D eigenvalue weighted by Crippen LogP contribution is -2.43. The monoisotopic (exact) mass is 402 g/mol. The number of ether oxygens (including phenoxy) is 1. The van der Waals surface area contributed by atoms with Crippen LogP contribution in [0.15, 0.2) is 24.4 Å². The molecule has 0 unspecified atom stereocenters. The highest BCUT2D eigenvalue weighted by Crippen LogP contribution is 2.35. The molecule has 0 bridgehead atoms. The van der Waals surface area contributed by atoms with E-state index < -0.39 is 6.10 Å². The minimum absolute atomic E-state index is 0.0643. The van der Waals surface area contributed by atoms with Crippen molar-refractivity contribution < 1.29 is 14.6 Å². The molecule has 3 N–H and O–H groups in total. The highest BCUT2D eigenvalue weighted by atomic mass is 35.5. The molecule has 0 spiro atoms. The Morgan fingerprint density at radius 1 is 1.39 bits per heavy atom. The Balaban J connectivity index is 1.68. The number of nitrogens with one attached hydrogen (secondary N) is 2. The van der Waals surface area contributed by atoms with E-state index in [2.05, 4.69) is 34.4 Å². The number of fused-ring (bicyclic) bond motifs is 1. The molecule has 1 saturated heterocycles. The van der Waals surface area contributed by atoms with Crippen LogP contribution in [0.4, 0.5) is 5.95 Å². The minimum atomic E-state index is -0.612. The normalized spacial score (nSPS) is 23.6. The molecule has 1 fully saturated rings. The Hall–Kier alpha value is -2.22. The van der Waals surface area contributed by atoms with Crippen LogP contribution in [-0.2, 0) is 10.2 Å². The average Bonchev–Trinajstić information content (AvgIpc) is 2.68. The summed E-state index contributed by atoms with van der Waals surface area (Å²) in [6.45, 7) is 5.64. The second-order valence-electron chi connectivity index (χ2n) is 7.90. The zero-order valence-corrected chi connectivity index (χ0v) is 16.6. The summed E-state index contributed by atoms with van der Waals surface area (Å²) in [7, 11) is 0. The Kier molecular flexibility index (Phi) is 4.99. The smallest absolute Gasteiger partial charge is 0.251 e. The van der Waals surface area contributed by atoms with Crippen molar-refractivity contribution in [2.75, 3.05) is 25.1 Å². The number of hydrogen-bond acceptors (Lipinski definition) is 6. The first-order valence-electron chi connectivity index (χ1n) is 9.33. The molecule has 0 aliphatic carbocycles. The van der Waals surface area contributed by atoms with Crippen LogP contribution in [0.2, 0.25) is 5.02 Å². The highest BCUT2D eigenvalue weighted by molar-refractivity contribution is 6.32. The van der Waals surface area contributed by atoms with Gasteiger partial charge in [0.25, 0.3) is 5.91 Å². The number of benzene rings is 1. The summed E-state index contributed by atoms with van der Waals surface area (Å²) in [6.07, 6.45) is 1.61. The highest BCUT2D eigenvalue weighted by Gasteiger charge is 2.32. The molecule has 28 heavy (non-hydrogen) atoms. The predicted octanol–water partition coefficient (Wildman–Crippen LogP) is 2.38. The van der Waals surface area contributed by atoms with Gasteiger partial charge in [0.15, 0.2) is 0 Å². The summed E-state index contributed by atoms with van der Waals surface area (Å²) >= 11 is 6.38. The summed E-state index contributed by atoms with van der Waals surface area (Å²) in [5, 5.41) is 16.6. The fraction of sp³-hybridized carbons (Fsp3) is 0.450. The number of carbonyl (C=O) groups excluding carboxylic acids is 1. The van der Waals surface area contributed by atoms with Crippen LogP contribution in [0, 0.1) is 0 Å². The summed E-state index contributed by atoms with van der Waals surface area (Å²) < 4.78 is 5.26. The minimum Gasteiger partial charge on any atom is -0.389 e. The standard InChI is InChI=1S/C20H23ClN4O3/c1-20(2)10-23-18(27)12-4-3-11(7-13(12)20)17-14(21)8-22-19(25-17)24-15-5-6-28-9-16(15)26/h3-4,7-8,15-16,26H,5-6,9-10H2,1-2H3,(H,23,27)(H,22,24,25)/t15-,16-/m1/s1. The number of aliphatic hydroxyl groups excluding tert-OH is 1. The molecule has 8 heteroatoms. The Bertz CT molecular complexity index is 918. The fourth-order valence-corrected chi connectivity index (χ4v) is 3.84. The van der Waals surface area contributed by atoms with Gasteiger partial charge in [-0.1, -0.05) is 31.5 Å². The summed E-state index contributed by atoms with van der Waals surface area (Å²) in [6, 6.07) is 5.47. The predicted molar refractivity (Wildman–Crippen MR) is 107 cm³/mol. The van der Waals surface area contributed by atoms with E-state index >= 15 is 0 Å². The van der Waals surface area contributed by atoms with Gasteiger partial charge >= 0.3 is 0 Å². The Labute approximate surface area is 168 Å². The maximum atomic E-state index is 12.2. The second-order valence-corrected chi connectivity index (χ2v) is 8.31. The van der Waals surface area contributed by atoms with E-state index in [9.17, 15) is 9.90 Å². The van der Waals surface area contributed by atoms with Crippen molar-refractivity contribution in [3.8, 4) is 11.3 Å². The van der Waals surface area contributed by atoms with Crippen LogP contribution < -0.4 is 10.6 Å². The number of hydrogen-bond donors (Lipinski definition) is 3. The lowest BCUT2D eigenvalue weighted by molar-refractivity contribution is -0.0136. The molecule has 3 heterocycles. The van der Waals surface area contributed by atoms with Gasteiger partial charge in [0.2, 0.25) is 5.95 Å². The SMILES string of the molecule is CC1(C)CNC(=O)c2ccc(-c3nc(N[C@@H]4CCOC[C@H]4O)ncc3Cl)cc21. The number of aliphatic hydroxyl groups is 1. The van der Waals surface area contributed by atoms with Gasteiger partial charge in [-0.15, -0.1) is 0 Å². The van der Waals surface area contributed by atoms with Gasteiger partial charge in [-0.05, 0) is 24.1 Å². The number of nitrogens with zero attached hydrogens (tertiary/aromatic N) is 2. The van der Waals surface area contributed by atoms with Crippen molar-refractivity contribution in [1.29, 1.82) is 0 Å². The number of halogens is 1. The Morgan fingerprint density at radius 3 is 3.00 bits per heavy atom. The van der Waals surface area contributed by atoms with Gasteiger partial charge in [-0.2, -0.15) is 0 Å². The van der Waals surface area contributed by atoms with Crippen molar-refractivity contribution in [1.82, 2.24) is 15.3 Å². The van der Waals surface area contributed by atoms with E-state index in [0.29, 0.717) is 48.4 Å². The third-order valence-electron chi connectivity index (χ3n) is 5.34. The Morgan fingerprint density at radius 2 is 2.21 bits per heavy atom. The van der Waals surface area contributed by atoms with E-state index in [1.807, 2.05) is 18.2 Å². The van der Waals surface area contributed by atoms with E-state index in [-0.39, 0.29) is 17.4 Å². The molecular weight excluding hydrogens is 380 g/mol. The fourth-order valence-electron chi connectivity index (χ4n) is 3.64. The van der Waals surface area contributed by atoms with Crippen molar-refractivity contribution >= 4 is 23.5 Å². The van der Waals surface area contributed by atoms with Gasteiger partial charge in [0, 0.05) is 29.7 Å². The number of amides is 1. The van der Waals surface area contributed by atoms with Crippen LogP contribution in [-0.4, -0.2) is 52.9 Å². The van der Waals surface area contributed by atoms with E-state index in [0.717, 1.165) is 11.1 Å². The maximum absolute atomic E-state index is 12.2. The molecule has 1 aromatic heterocycles. The van der Waals surface area contributed by atoms with Gasteiger partial charge < -0.3 is 20.5 Å². The first-order chi connectivity index (χ1) is 13.3. The van der Waals surface area contributed by atoms with Crippen LogP contribution >= 0.6 is 11.6 Å². The molecule has 4 rings (SSSR count). The lowest BCUT2D eigenvalue weighted by atomic mass is 9.78. The summed E-state index contributed by atoms with van der Waals surface area (Å²) in [5.41, 5.74) is 2.87. The molecule has 1 amide bonds. The van der Waals surface area contributed by atoms with Crippen LogP contribution in [0.5, 0.6) is 0 Å². The second kappa shape index (κ2) is 7.31. The molecule has 2 aromatic rings. The molecule has 0 saturated carbocycles. The first kappa shape index (κ1) is 19.1. The van der Waals surface area contributed by atoms with Gasteiger partial charge in [0.05, 0.1) is 35.7 Å². The van der Waals surface area contributed by atoms with E-state index in [1.54, 1.807) is 6.20 Å². The molecule has 2 atom stereocenters. The molecule has 2 aliphatic rings. The van der Waals surface area contributed by atoms with Crippen LogP contribution in [0.3, 0.4) is 0 Å². The van der Waals surface area contributed by atoms with Gasteiger partial charge in [-0.25, -0.2) is 9.97 Å². The molecule has 2 aliphatic heterocycles. The molecule has 1 aromatic carbocycles. The topological polar surface area (TPSA) is 96.4 Å². The molecular formula is C20H23ClN4O3. The summed E-state index contributed by atoms with van der Waals surface area (Å²) in [5.74, 6) is 0.339. The number of anilines is 1. The number of aromatic nitrogens is 2. The largest absolute Gasteiger partial charge is 0.389 e. The number of carbonyl (C=O) groups is 1. The van der Waals surface area contributed by atoms with Crippen molar-refractivity contribution in [2.24, 2.45) is 0 Å². The molecule has 148 valence electrons. The van der Waals surface area contributed by atoms with Crippen LogP contribution in [0.1, 0.15) is 36.2 Å². The third kappa shape index (κ3) is 3.57. The van der Waals surface area contributed by atoms with E-state index in [1.165, 1.54) is 0 Å². The quantitative estimate of drug-likeness (QED) is 0.729. The average molecular weight is 403 g/mol. The maximum Gasteiger partial charge on any atom is 0.251 e. The number of rotatable bonds is 3. The lowest BCUT2D eigenvalue weighted by Gasteiger charge is -2.32. The van der Waals surface area contributed by atoms with Gasteiger partial charge in [0.1, 0.15) is 0 Å². The van der Waals surface area contributed by atoms with Gasteiger partial charge in [-0.3, -0.25) is 4.79 Å². The van der Waals surface area contributed by atoms with E-state index in [4.69, 9.17) is 16.3 Å². The van der Waals surface area contributed by atoms with Crippen molar-refractivity contribution in [3.05, 3.63) is 40.5 Å². The zero-order valence-electron chi connectivity index (χ0n) is 15.8. The molecule has 0 radical (unpaired) electrons. The summed E-state index contributed by atoms with van der Waals surface area (Å²) in [4.78, 5) is 21.0. The first-order valence-corrected chi connectivity index (χ1v) is 9.71. The third-order valence-corrected chi connectivity index (χ3v) is 5.62. The van der Waals surface area contributed by atoms with Crippen molar-refractivity contribution in [2.45, 2.75) is 37.8 Å². The van der Waals surface area contributed by atoms with Crippen molar-refractivity contribution in [3.63, 3.8) is 0 Å².